The van der Waals surface area contributed by atoms with Crippen LogP contribution in [0.15, 0.2) is 35.4 Å². The number of hydrogen-bond acceptors (Lipinski definition) is 8. The fourth-order valence-electron chi connectivity index (χ4n) is 2.85. The lowest BCUT2D eigenvalue weighted by atomic mass is 9.90. The molecule has 2 aromatic rings. The van der Waals surface area contributed by atoms with Gasteiger partial charge >= 0.3 is 0 Å². The van der Waals surface area contributed by atoms with Crippen molar-refractivity contribution in [2.75, 3.05) is 37.1 Å². The highest BCUT2D eigenvalue weighted by Crippen LogP contribution is 2.26. The molecule has 1 aliphatic heterocycles. The number of morpholine rings is 1. The maximum absolute atomic E-state index is 12.6. The van der Waals surface area contributed by atoms with Gasteiger partial charge in [-0.15, -0.1) is 0 Å². The molecule has 10 nitrogen and oxygen atoms in total. The molecule has 0 unspecified atom stereocenters. The third-order valence-corrected chi connectivity index (χ3v) is 5.65. The predicted molar refractivity (Wildman–Crippen MR) is 121 cm³/mol. The van der Waals surface area contributed by atoms with Crippen LogP contribution in [-0.2, 0) is 16.6 Å². The molecule has 1 saturated heterocycles. The molecule has 0 aromatic carbocycles. The molecule has 2 aromatic heterocycles. The van der Waals surface area contributed by atoms with Gasteiger partial charge in [0.25, 0.3) is 11.5 Å². The molecule has 0 saturated carbocycles. The molecule has 10 heteroatoms. The lowest BCUT2D eigenvalue weighted by molar-refractivity contribution is -0.130. The van der Waals surface area contributed by atoms with Crippen LogP contribution < -0.4 is 16.4 Å². The average molecular weight is 446 g/mol. The van der Waals surface area contributed by atoms with E-state index in [1.165, 1.54) is 10.8 Å². The van der Waals surface area contributed by atoms with Crippen LogP contribution in [0.2, 0.25) is 0 Å². The van der Waals surface area contributed by atoms with Crippen LogP contribution in [0.3, 0.4) is 0 Å². The van der Waals surface area contributed by atoms with Crippen LogP contribution in [0.25, 0.3) is 0 Å². The van der Waals surface area contributed by atoms with E-state index in [1.54, 1.807) is 64.0 Å². The van der Waals surface area contributed by atoms with Crippen molar-refractivity contribution in [2.45, 2.75) is 38.9 Å². The van der Waals surface area contributed by atoms with Crippen LogP contribution in [0.5, 0.6) is 0 Å². The van der Waals surface area contributed by atoms with E-state index in [9.17, 15) is 14.7 Å². The van der Waals surface area contributed by atoms with Crippen LogP contribution in [0.1, 0.15) is 38.1 Å². The van der Waals surface area contributed by atoms with E-state index in [1.807, 2.05) is 0 Å². The summed E-state index contributed by atoms with van der Waals surface area (Å²) in [4.78, 5) is 36.8. The summed E-state index contributed by atoms with van der Waals surface area (Å²) in [5.41, 5.74) is 1.84. The van der Waals surface area contributed by atoms with E-state index in [0.717, 1.165) is 0 Å². The van der Waals surface area contributed by atoms with Gasteiger partial charge in [0.2, 0.25) is 0 Å². The van der Waals surface area contributed by atoms with Gasteiger partial charge in [0, 0.05) is 32.5 Å². The second-order valence-corrected chi connectivity index (χ2v) is 8.79. The highest BCUT2D eigenvalue weighted by Gasteiger charge is 2.37. The molecule has 0 atom stereocenters. The number of carbonyl (C=O) groups excluding carboxylic acids is 1. The van der Waals surface area contributed by atoms with E-state index in [2.05, 4.69) is 15.8 Å². The lowest BCUT2D eigenvalue weighted by Crippen LogP contribution is -2.48. The van der Waals surface area contributed by atoms with Crippen LogP contribution >= 0.6 is 0 Å². The summed E-state index contributed by atoms with van der Waals surface area (Å²) in [6, 6.07) is 4.92. The highest BCUT2D eigenvalue weighted by atomic mass is 16.7. The number of carbonyl (C=O) groups is 1. The smallest absolute Gasteiger partial charge is 0.274 e. The van der Waals surface area contributed by atoms with Crippen LogP contribution in [-0.4, -0.2) is 63.0 Å². The Morgan fingerprint density at radius 3 is 2.50 bits per heavy atom. The minimum Gasteiger partial charge on any atom is -0.387 e. The molecule has 3 heterocycles. The summed E-state index contributed by atoms with van der Waals surface area (Å²) >= 11 is 0. The topological polar surface area (TPSA) is 118 Å². The minimum absolute atomic E-state index is 0.0963. The number of hydrogen-bond donors (Lipinski definition) is 3. The highest BCUT2D eigenvalue weighted by molar-refractivity contribution is 5.94. The number of aliphatic hydroxyl groups is 1. The van der Waals surface area contributed by atoms with Crippen molar-refractivity contribution < 1.29 is 19.5 Å². The Morgan fingerprint density at radius 1 is 1.22 bits per heavy atom. The van der Waals surface area contributed by atoms with E-state index >= 15 is 0 Å². The monoisotopic (exact) mass is 445 g/mol. The zero-order valence-electron chi connectivity index (χ0n) is 19.1. The Hall–Kier alpha value is -2.95. The molecule has 1 fully saturated rings. The largest absolute Gasteiger partial charge is 0.387 e. The molecular weight excluding hydrogens is 414 g/mol. The molecule has 0 radical (unpaired) electrons. The quantitative estimate of drug-likeness (QED) is 0.553. The summed E-state index contributed by atoms with van der Waals surface area (Å²) in [6.07, 6.45) is 3.08. The molecule has 1 amide bonds. The Labute approximate surface area is 187 Å². The third kappa shape index (κ3) is 5.45. The molecule has 0 aliphatic carbocycles. The van der Waals surface area contributed by atoms with Crippen molar-refractivity contribution >= 4 is 23.1 Å². The van der Waals surface area contributed by atoms with Crippen molar-refractivity contribution in [2.24, 2.45) is 7.05 Å². The minimum atomic E-state index is -1.09. The average Bonchev–Trinajstić information content (AvgIpc) is 2.75. The van der Waals surface area contributed by atoms with Gasteiger partial charge in [0.15, 0.2) is 0 Å². The van der Waals surface area contributed by atoms with Crippen molar-refractivity contribution in [3.8, 4) is 0 Å². The maximum Gasteiger partial charge on any atom is 0.274 e. The number of aryl methyl sites for hydroxylation is 1. The van der Waals surface area contributed by atoms with E-state index in [0.29, 0.717) is 43.4 Å². The molecule has 0 spiro atoms. The first-order chi connectivity index (χ1) is 15.0. The molecule has 3 N–H and O–H groups in total. The lowest BCUT2D eigenvalue weighted by Gasteiger charge is -2.36. The second-order valence-electron chi connectivity index (χ2n) is 8.79. The van der Waals surface area contributed by atoms with Gasteiger partial charge in [-0.2, -0.15) is 0 Å². The van der Waals surface area contributed by atoms with Gasteiger partial charge in [-0.05, 0) is 45.9 Å². The first-order valence-corrected chi connectivity index (χ1v) is 10.4. The summed E-state index contributed by atoms with van der Waals surface area (Å²) in [5, 5.41) is 13.2. The summed E-state index contributed by atoms with van der Waals surface area (Å²) < 4.78 is 6.68. The number of nitrogens with one attached hydrogen (secondary N) is 2. The summed E-state index contributed by atoms with van der Waals surface area (Å²) in [7, 11) is 1.62. The van der Waals surface area contributed by atoms with Crippen molar-refractivity contribution in [1.29, 1.82) is 0 Å². The maximum atomic E-state index is 12.6. The van der Waals surface area contributed by atoms with E-state index < -0.39 is 11.2 Å². The van der Waals surface area contributed by atoms with Crippen molar-refractivity contribution in [1.82, 2.24) is 14.5 Å². The van der Waals surface area contributed by atoms with Gasteiger partial charge in [-0.25, -0.2) is 4.98 Å². The number of ether oxygens (including phenoxy) is 1. The molecule has 1 aliphatic rings. The number of rotatable bonds is 7. The van der Waals surface area contributed by atoms with E-state index in [-0.39, 0.29) is 17.2 Å². The first kappa shape index (κ1) is 23.7. The Morgan fingerprint density at radius 2 is 1.91 bits per heavy atom. The zero-order chi connectivity index (χ0) is 23.5. The number of pyridine rings is 2. The molecule has 32 heavy (non-hydrogen) atoms. The molecular formula is C22H31N5O5. The normalized spacial score (nSPS) is 14.9. The van der Waals surface area contributed by atoms with Crippen LogP contribution in [0, 0.1) is 0 Å². The van der Waals surface area contributed by atoms with Gasteiger partial charge in [-0.1, -0.05) is 0 Å². The van der Waals surface area contributed by atoms with Crippen LogP contribution in [0.4, 0.5) is 17.2 Å². The first-order valence-electron chi connectivity index (χ1n) is 10.4. The van der Waals surface area contributed by atoms with Crippen molar-refractivity contribution in [3.63, 3.8) is 0 Å². The summed E-state index contributed by atoms with van der Waals surface area (Å²) in [6.45, 7) is 8.99. The molecule has 174 valence electrons. The number of anilines is 3. The fourth-order valence-corrected chi connectivity index (χ4v) is 2.85. The third-order valence-electron chi connectivity index (χ3n) is 5.65. The second kappa shape index (κ2) is 9.27. The summed E-state index contributed by atoms with van der Waals surface area (Å²) in [5.74, 6) is 0.330. The Bertz CT molecular complexity index is 1000. The fraction of sp³-hybridized carbons (Fsp3) is 0.500. The van der Waals surface area contributed by atoms with Gasteiger partial charge < -0.3 is 24.6 Å². The zero-order valence-corrected chi connectivity index (χ0v) is 19.1. The molecule has 3 rings (SSSR count). The van der Waals surface area contributed by atoms with Gasteiger partial charge in [-0.3, -0.25) is 19.9 Å². The number of amides is 1. The number of aromatic nitrogens is 2. The van der Waals surface area contributed by atoms with Crippen molar-refractivity contribution in [3.05, 3.63) is 46.5 Å². The van der Waals surface area contributed by atoms with E-state index in [4.69, 9.17) is 9.57 Å². The SMILES string of the molecule is Cn1cc(NOC(C)(C)C(C)(C)O)cc(Nc2ccc(C(=O)N3CCOCC3)cn2)c1=O. The van der Waals surface area contributed by atoms with Gasteiger partial charge in [0.05, 0.1) is 30.1 Å². The standard InChI is InChI=1S/C22H31N5O5/c1-21(2,30)22(3,4)32-25-16-12-17(20(29)26(5)14-16)24-18-7-6-15(13-23-18)19(28)27-8-10-31-11-9-27/h6-7,12-14,25,30H,8-11H2,1-5H3,(H,23,24). The van der Waals surface area contributed by atoms with Gasteiger partial charge in [0.1, 0.15) is 17.1 Å². The number of nitrogens with zero attached hydrogens (tertiary/aromatic N) is 3. The Balaban J connectivity index is 1.72. The Kier molecular flexibility index (Phi) is 6.87. The molecule has 0 bridgehead atoms. The predicted octanol–water partition coefficient (Wildman–Crippen LogP) is 1.89.